The molecule has 0 bridgehead atoms. The molecular formula is C22H26N6O2. The summed E-state index contributed by atoms with van der Waals surface area (Å²) in [4.78, 5) is 11.2. The molecule has 1 atom stereocenters. The first kappa shape index (κ1) is 20.3. The Bertz CT molecular complexity index is 1040. The minimum Gasteiger partial charge on any atom is -0.400 e. The van der Waals surface area contributed by atoms with E-state index in [0.717, 1.165) is 61.9 Å². The Morgan fingerprint density at radius 1 is 1.10 bits per heavy atom. The molecule has 3 aromatic rings. The third kappa shape index (κ3) is 3.62. The molecule has 1 saturated heterocycles. The standard InChI is InChI=1S/C20H21N5O.CHN.CH4O/c1-2-15-12-23-25(17(15)9-14(1)16-11-20(16)3-4-20)19-10-18(21-13-22-19)24-5-7-26-8-6-24;2*1-2/h1-2,9-10,12-13,16H,3-8,11H2;1H;2H,1H3. The third-order valence-electron chi connectivity index (χ3n) is 6.27. The van der Waals surface area contributed by atoms with Gasteiger partial charge in [0, 0.05) is 38.2 Å². The van der Waals surface area contributed by atoms with Gasteiger partial charge < -0.3 is 14.7 Å². The third-order valence-corrected chi connectivity index (χ3v) is 6.27. The lowest BCUT2D eigenvalue weighted by Crippen LogP contribution is -2.36. The Hall–Kier alpha value is -3.02. The number of anilines is 1. The molecule has 3 heterocycles. The summed E-state index contributed by atoms with van der Waals surface area (Å²) in [5.41, 5.74) is 3.26. The minimum atomic E-state index is 0.664. The smallest absolute Gasteiger partial charge is 0.159 e. The molecule has 1 N–H and O–H groups in total. The molecular weight excluding hydrogens is 380 g/mol. The van der Waals surface area contributed by atoms with Gasteiger partial charge in [-0.1, -0.05) is 12.1 Å². The Labute approximate surface area is 175 Å². The van der Waals surface area contributed by atoms with Crippen molar-refractivity contribution in [1.29, 1.82) is 5.26 Å². The minimum absolute atomic E-state index is 0.664. The summed E-state index contributed by atoms with van der Waals surface area (Å²) >= 11 is 0. The van der Waals surface area contributed by atoms with Crippen molar-refractivity contribution in [3.05, 3.63) is 42.4 Å². The summed E-state index contributed by atoms with van der Waals surface area (Å²) in [6.45, 7) is 6.72. The molecule has 0 amide bonds. The van der Waals surface area contributed by atoms with E-state index in [1.807, 2.05) is 16.9 Å². The summed E-state index contributed by atoms with van der Waals surface area (Å²) in [7, 11) is 1.00. The normalized spacial score (nSPS) is 20.7. The first-order chi connectivity index (χ1) is 14.8. The summed E-state index contributed by atoms with van der Waals surface area (Å²) in [5.74, 6) is 2.52. The van der Waals surface area contributed by atoms with E-state index in [1.165, 1.54) is 24.8 Å². The average molecular weight is 406 g/mol. The van der Waals surface area contributed by atoms with Crippen molar-refractivity contribution in [2.75, 3.05) is 38.3 Å². The molecule has 6 rings (SSSR count). The second kappa shape index (κ2) is 8.38. The van der Waals surface area contributed by atoms with Gasteiger partial charge in [0.05, 0.1) is 24.9 Å². The number of fused-ring (bicyclic) bond motifs is 1. The zero-order valence-corrected chi connectivity index (χ0v) is 17.1. The molecule has 2 aromatic heterocycles. The molecule has 2 saturated carbocycles. The number of hydrogen-bond donors (Lipinski definition) is 1. The quantitative estimate of drug-likeness (QED) is 0.714. The second-order valence-corrected chi connectivity index (χ2v) is 7.83. The van der Waals surface area contributed by atoms with Crippen LogP contribution in [0.3, 0.4) is 0 Å². The molecule has 156 valence electrons. The number of aliphatic hydroxyl groups excluding tert-OH is 1. The highest BCUT2D eigenvalue weighted by Crippen LogP contribution is 2.75. The Morgan fingerprint density at radius 2 is 1.83 bits per heavy atom. The highest BCUT2D eigenvalue weighted by Gasteiger charge is 2.62. The van der Waals surface area contributed by atoms with E-state index in [0.29, 0.717) is 5.41 Å². The number of nitriles is 1. The maximum atomic E-state index is 7.00. The second-order valence-electron chi connectivity index (χ2n) is 7.83. The maximum absolute atomic E-state index is 7.00. The molecule has 8 nitrogen and oxygen atoms in total. The fraction of sp³-hybridized carbons (Fsp3) is 0.455. The van der Waals surface area contributed by atoms with E-state index in [-0.39, 0.29) is 0 Å². The summed E-state index contributed by atoms with van der Waals surface area (Å²) < 4.78 is 7.39. The van der Waals surface area contributed by atoms with Crippen LogP contribution in [0.1, 0.15) is 30.7 Å². The van der Waals surface area contributed by atoms with Crippen LogP contribution in [0.15, 0.2) is 36.8 Å². The average Bonchev–Trinajstić information content (AvgIpc) is 3.73. The monoisotopic (exact) mass is 406 g/mol. The van der Waals surface area contributed by atoms with Crippen LogP contribution >= 0.6 is 0 Å². The van der Waals surface area contributed by atoms with Crippen LogP contribution < -0.4 is 4.90 Å². The van der Waals surface area contributed by atoms with Crippen molar-refractivity contribution in [3.63, 3.8) is 0 Å². The first-order valence-corrected chi connectivity index (χ1v) is 10.2. The Kier molecular flexibility index (Phi) is 5.66. The molecule has 1 aliphatic heterocycles. The van der Waals surface area contributed by atoms with Crippen LogP contribution in [0.25, 0.3) is 16.7 Å². The van der Waals surface area contributed by atoms with Gasteiger partial charge in [-0.15, -0.1) is 0 Å². The van der Waals surface area contributed by atoms with Crippen LogP contribution in [0.5, 0.6) is 0 Å². The highest BCUT2D eigenvalue weighted by molar-refractivity contribution is 5.81. The van der Waals surface area contributed by atoms with Gasteiger partial charge in [0.15, 0.2) is 5.82 Å². The molecule has 3 fully saturated rings. The molecule has 30 heavy (non-hydrogen) atoms. The number of ether oxygens (including phenoxy) is 1. The van der Waals surface area contributed by atoms with Crippen molar-refractivity contribution in [1.82, 2.24) is 19.7 Å². The number of aliphatic hydroxyl groups is 1. The van der Waals surface area contributed by atoms with Crippen LogP contribution in [-0.4, -0.2) is 58.3 Å². The van der Waals surface area contributed by atoms with Crippen LogP contribution in [-0.2, 0) is 4.74 Å². The van der Waals surface area contributed by atoms with Crippen LogP contribution in [0, 0.1) is 17.2 Å². The van der Waals surface area contributed by atoms with Gasteiger partial charge >= 0.3 is 0 Å². The number of benzene rings is 1. The van der Waals surface area contributed by atoms with E-state index in [4.69, 9.17) is 15.1 Å². The maximum Gasteiger partial charge on any atom is 0.159 e. The zero-order valence-electron chi connectivity index (χ0n) is 17.1. The molecule has 3 aliphatic rings. The van der Waals surface area contributed by atoms with Gasteiger partial charge in [-0.2, -0.15) is 5.10 Å². The summed E-state index contributed by atoms with van der Waals surface area (Å²) in [6.07, 6.45) is 7.74. The van der Waals surface area contributed by atoms with E-state index < -0.39 is 0 Å². The predicted octanol–water partition coefficient (Wildman–Crippen LogP) is 2.67. The largest absolute Gasteiger partial charge is 0.400 e. The highest BCUT2D eigenvalue weighted by atomic mass is 16.5. The predicted molar refractivity (Wildman–Crippen MR) is 114 cm³/mol. The number of hydrogen-bond acceptors (Lipinski definition) is 7. The molecule has 1 unspecified atom stereocenters. The number of morpholine rings is 1. The van der Waals surface area contributed by atoms with Crippen LogP contribution in [0.2, 0.25) is 0 Å². The molecule has 1 aromatic carbocycles. The Balaban J connectivity index is 0.000000516. The van der Waals surface area contributed by atoms with Gasteiger partial charge in [0.2, 0.25) is 0 Å². The fourth-order valence-corrected chi connectivity index (χ4v) is 4.39. The lowest BCUT2D eigenvalue weighted by Gasteiger charge is -2.27. The van der Waals surface area contributed by atoms with E-state index in [1.54, 1.807) is 6.33 Å². The number of nitrogens with zero attached hydrogens (tertiary/aromatic N) is 6. The summed E-state index contributed by atoms with van der Waals surface area (Å²) in [6, 6.07) is 8.83. The lowest BCUT2D eigenvalue weighted by molar-refractivity contribution is 0.122. The van der Waals surface area contributed by atoms with Gasteiger partial charge in [0.1, 0.15) is 12.1 Å². The lowest BCUT2D eigenvalue weighted by atomic mass is 10.1. The van der Waals surface area contributed by atoms with Crippen molar-refractivity contribution >= 4 is 16.7 Å². The van der Waals surface area contributed by atoms with Gasteiger partial charge in [-0.3, -0.25) is 0 Å². The van der Waals surface area contributed by atoms with Gasteiger partial charge in [-0.25, -0.2) is 19.9 Å². The fourth-order valence-electron chi connectivity index (χ4n) is 4.39. The number of rotatable bonds is 3. The molecule has 8 heteroatoms. The van der Waals surface area contributed by atoms with Gasteiger partial charge in [-0.05, 0) is 42.2 Å². The first-order valence-electron chi connectivity index (χ1n) is 10.2. The van der Waals surface area contributed by atoms with Crippen molar-refractivity contribution in [2.45, 2.75) is 25.2 Å². The van der Waals surface area contributed by atoms with E-state index in [9.17, 15) is 0 Å². The van der Waals surface area contributed by atoms with Crippen molar-refractivity contribution < 1.29 is 9.84 Å². The van der Waals surface area contributed by atoms with E-state index in [2.05, 4.69) is 44.7 Å². The summed E-state index contributed by atoms with van der Waals surface area (Å²) in [5, 5.41) is 19.3. The molecule has 2 aliphatic carbocycles. The van der Waals surface area contributed by atoms with Crippen LogP contribution in [0.4, 0.5) is 5.82 Å². The van der Waals surface area contributed by atoms with Gasteiger partial charge in [0.25, 0.3) is 0 Å². The molecule has 0 radical (unpaired) electrons. The SMILES string of the molecule is C#N.CO.c1nc(N2CCOCC2)cc(-n2ncc3ccc(C4CC45CC5)cc32)n1. The zero-order chi connectivity index (χ0) is 21.1. The topological polar surface area (TPSA) is 100 Å². The van der Waals surface area contributed by atoms with Crippen molar-refractivity contribution in [3.8, 4) is 12.4 Å². The molecule has 1 spiro atoms. The number of aromatic nitrogens is 4. The van der Waals surface area contributed by atoms with E-state index >= 15 is 0 Å². The Morgan fingerprint density at radius 3 is 2.53 bits per heavy atom. The van der Waals surface area contributed by atoms with Crippen molar-refractivity contribution in [2.24, 2.45) is 5.41 Å².